The van der Waals surface area contributed by atoms with Gasteiger partial charge < -0.3 is 0 Å². The molecule has 0 saturated heterocycles. The van der Waals surface area contributed by atoms with Gasteiger partial charge in [0, 0.05) is 5.33 Å². The number of benzene rings is 1. The normalized spacial score (nSPS) is 11.6. The van der Waals surface area contributed by atoms with Crippen molar-refractivity contribution < 1.29 is 12.6 Å². The van der Waals surface area contributed by atoms with Crippen LogP contribution in [-0.2, 0) is 14.3 Å². The highest BCUT2D eigenvalue weighted by molar-refractivity contribution is 9.09. The van der Waals surface area contributed by atoms with Gasteiger partial charge in [-0.15, -0.1) is 0 Å². The maximum absolute atomic E-state index is 11.5. The topological polar surface area (TPSA) is 43.4 Å². The van der Waals surface area contributed by atoms with E-state index < -0.39 is 10.1 Å². The molecule has 0 unspecified atom stereocenters. The summed E-state index contributed by atoms with van der Waals surface area (Å²) in [6.07, 6.45) is 0. The summed E-state index contributed by atoms with van der Waals surface area (Å²) in [6.45, 7) is 2.05. The van der Waals surface area contributed by atoms with Gasteiger partial charge >= 0.3 is 0 Å². The summed E-state index contributed by atoms with van der Waals surface area (Å²) in [6, 6.07) is 6.56. The second-order valence-electron chi connectivity index (χ2n) is 2.78. The van der Waals surface area contributed by atoms with E-state index in [9.17, 15) is 8.42 Å². The van der Waals surface area contributed by atoms with Crippen LogP contribution in [0, 0.1) is 6.92 Å². The van der Waals surface area contributed by atoms with Gasteiger partial charge in [-0.25, -0.2) is 0 Å². The van der Waals surface area contributed by atoms with E-state index in [2.05, 4.69) is 15.9 Å². The van der Waals surface area contributed by atoms with Crippen LogP contribution in [0.4, 0.5) is 0 Å². The van der Waals surface area contributed by atoms with E-state index in [1.165, 1.54) is 0 Å². The standard InChI is InChI=1S/C9H11BrO3S/c1-8-2-4-9(5-3-8)14(11,12)13-7-6-10/h2-5H,6-7H2,1H3. The number of hydrogen-bond donors (Lipinski definition) is 0. The molecule has 0 bridgehead atoms. The number of aryl methyl sites for hydroxylation is 1. The zero-order chi connectivity index (χ0) is 10.6. The maximum Gasteiger partial charge on any atom is 0.296 e. The molecule has 0 fully saturated rings. The van der Waals surface area contributed by atoms with Crippen LogP contribution >= 0.6 is 15.9 Å². The lowest BCUT2D eigenvalue weighted by atomic mass is 10.2. The lowest BCUT2D eigenvalue weighted by molar-refractivity contribution is 0.342. The molecule has 0 spiro atoms. The first-order chi connectivity index (χ1) is 6.56. The van der Waals surface area contributed by atoms with Crippen LogP contribution < -0.4 is 0 Å². The molecule has 0 saturated carbocycles. The maximum atomic E-state index is 11.5. The van der Waals surface area contributed by atoms with Crippen molar-refractivity contribution in [1.29, 1.82) is 0 Å². The van der Waals surface area contributed by atoms with Crippen LogP contribution in [0.2, 0.25) is 0 Å². The minimum Gasteiger partial charge on any atom is -0.265 e. The molecule has 0 aliphatic heterocycles. The Bertz CT molecular complexity index is 383. The summed E-state index contributed by atoms with van der Waals surface area (Å²) in [5.41, 5.74) is 1.02. The average Bonchev–Trinajstić information content (AvgIpc) is 2.16. The number of halogens is 1. The largest absolute Gasteiger partial charge is 0.296 e. The summed E-state index contributed by atoms with van der Waals surface area (Å²) in [5.74, 6) is 0. The Morgan fingerprint density at radius 2 is 1.86 bits per heavy atom. The molecule has 0 atom stereocenters. The highest BCUT2D eigenvalue weighted by atomic mass is 79.9. The van der Waals surface area contributed by atoms with Crippen LogP contribution in [0.5, 0.6) is 0 Å². The lowest BCUT2D eigenvalue weighted by Crippen LogP contribution is -2.08. The van der Waals surface area contributed by atoms with E-state index in [1.54, 1.807) is 24.3 Å². The van der Waals surface area contributed by atoms with Gasteiger partial charge in [-0.2, -0.15) is 8.42 Å². The fourth-order valence-electron chi connectivity index (χ4n) is 0.914. The van der Waals surface area contributed by atoms with Crippen LogP contribution in [-0.4, -0.2) is 20.4 Å². The van der Waals surface area contributed by atoms with Crippen LogP contribution in [0.25, 0.3) is 0 Å². The zero-order valence-electron chi connectivity index (χ0n) is 7.73. The lowest BCUT2D eigenvalue weighted by Gasteiger charge is -2.03. The minimum absolute atomic E-state index is 0.149. The van der Waals surface area contributed by atoms with Gasteiger partial charge in [-0.1, -0.05) is 33.6 Å². The molecule has 3 nitrogen and oxygen atoms in total. The van der Waals surface area contributed by atoms with Crippen molar-refractivity contribution in [1.82, 2.24) is 0 Å². The molecule has 1 rings (SSSR count). The van der Waals surface area contributed by atoms with Gasteiger partial charge in [0.25, 0.3) is 10.1 Å². The summed E-state index contributed by atoms with van der Waals surface area (Å²) in [5, 5.41) is 0.498. The van der Waals surface area contributed by atoms with Gasteiger partial charge in [0.1, 0.15) is 0 Å². The first-order valence-electron chi connectivity index (χ1n) is 4.08. The van der Waals surface area contributed by atoms with E-state index in [4.69, 9.17) is 4.18 Å². The predicted octanol–water partition coefficient (Wildman–Crippen LogP) is 2.10. The summed E-state index contributed by atoms with van der Waals surface area (Å²) < 4.78 is 27.6. The molecule has 78 valence electrons. The molecule has 14 heavy (non-hydrogen) atoms. The van der Waals surface area contributed by atoms with Crippen molar-refractivity contribution in [2.45, 2.75) is 11.8 Å². The minimum atomic E-state index is -3.57. The van der Waals surface area contributed by atoms with Gasteiger partial charge in [0.05, 0.1) is 11.5 Å². The van der Waals surface area contributed by atoms with E-state index in [0.29, 0.717) is 5.33 Å². The quantitative estimate of drug-likeness (QED) is 0.626. The van der Waals surface area contributed by atoms with Crippen molar-refractivity contribution >= 4 is 26.0 Å². The molecule has 0 N–H and O–H groups in total. The molecule has 0 aliphatic carbocycles. The van der Waals surface area contributed by atoms with E-state index in [0.717, 1.165) is 5.56 Å². The van der Waals surface area contributed by atoms with Gasteiger partial charge in [0.15, 0.2) is 0 Å². The van der Waals surface area contributed by atoms with Crippen LogP contribution in [0.1, 0.15) is 5.56 Å². The molecule has 0 aromatic heterocycles. The Hall–Kier alpha value is -0.390. The van der Waals surface area contributed by atoms with E-state index in [-0.39, 0.29) is 11.5 Å². The van der Waals surface area contributed by atoms with E-state index >= 15 is 0 Å². The highest BCUT2D eigenvalue weighted by Gasteiger charge is 2.13. The molecule has 5 heteroatoms. The highest BCUT2D eigenvalue weighted by Crippen LogP contribution is 2.12. The number of hydrogen-bond acceptors (Lipinski definition) is 3. The third-order valence-electron chi connectivity index (χ3n) is 1.63. The zero-order valence-corrected chi connectivity index (χ0v) is 10.1. The number of rotatable bonds is 4. The summed E-state index contributed by atoms with van der Waals surface area (Å²) >= 11 is 3.10. The number of alkyl halides is 1. The smallest absolute Gasteiger partial charge is 0.265 e. The first kappa shape index (κ1) is 11.7. The first-order valence-corrected chi connectivity index (χ1v) is 6.61. The van der Waals surface area contributed by atoms with Gasteiger partial charge in [-0.3, -0.25) is 4.18 Å². The third-order valence-corrected chi connectivity index (χ3v) is 3.28. The molecular weight excluding hydrogens is 268 g/mol. The monoisotopic (exact) mass is 278 g/mol. The van der Waals surface area contributed by atoms with Crippen molar-refractivity contribution in [2.24, 2.45) is 0 Å². The third kappa shape index (κ3) is 3.08. The molecule has 1 aromatic rings. The molecular formula is C9H11BrO3S. The second kappa shape index (κ2) is 4.91. The Kier molecular flexibility index (Phi) is 4.10. The van der Waals surface area contributed by atoms with Crippen molar-refractivity contribution in [2.75, 3.05) is 11.9 Å². The molecule has 0 aliphatic rings. The molecule has 0 heterocycles. The Morgan fingerprint density at radius 3 is 2.36 bits per heavy atom. The second-order valence-corrected chi connectivity index (χ2v) is 5.19. The van der Waals surface area contributed by atoms with Crippen LogP contribution in [0.3, 0.4) is 0 Å². The van der Waals surface area contributed by atoms with Crippen molar-refractivity contribution in [3.05, 3.63) is 29.8 Å². The molecule has 0 amide bonds. The Labute approximate surface area is 92.3 Å². The van der Waals surface area contributed by atoms with Crippen molar-refractivity contribution in [3.8, 4) is 0 Å². The fourth-order valence-corrected chi connectivity index (χ4v) is 2.20. The molecule has 1 aromatic carbocycles. The Balaban J connectivity index is 2.87. The Morgan fingerprint density at radius 1 is 1.29 bits per heavy atom. The fraction of sp³-hybridized carbons (Fsp3) is 0.333. The summed E-state index contributed by atoms with van der Waals surface area (Å²) in [4.78, 5) is 0.198. The average molecular weight is 279 g/mol. The van der Waals surface area contributed by atoms with Crippen LogP contribution in [0.15, 0.2) is 29.2 Å². The SMILES string of the molecule is Cc1ccc(S(=O)(=O)OCCBr)cc1. The van der Waals surface area contributed by atoms with Crippen molar-refractivity contribution in [3.63, 3.8) is 0 Å². The van der Waals surface area contributed by atoms with E-state index in [1.807, 2.05) is 6.92 Å². The predicted molar refractivity (Wildman–Crippen MR) is 58.1 cm³/mol. The van der Waals surface area contributed by atoms with Gasteiger partial charge in [-0.05, 0) is 19.1 Å². The van der Waals surface area contributed by atoms with Gasteiger partial charge in [0.2, 0.25) is 0 Å². The molecule has 0 radical (unpaired) electrons. The summed E-state index contributed by atoms with van der Waals surface area (Å²) in [7, 11) is -3.57.